The molecule has 0 aliphatic heterocycles. The lowest BCUT2D eigenvalue weighted by Gasteiger charge is -2.32. The Hall–Kier alpha value is -0.0400. The van der Waals surface area contributed by atoms with Gasteiger partial charge < -0.3 is 5.32 Å². The van der Waals surface area contributed by atoms with Crippen LogP contribution in [-0.2, 0) is 0 Å². The van der Waals surface area contributed by atoms with Gasteiger partial charge in [0.15, 0.2) is 0 Å². The summed E-state index contributed by atoms with van der Waals surface area (Å²) in [5.74, 6) is 0.754. The van der Waals surface area contributed by atoms with Gasteiger partial charge in [-0.1, -0.05) is 91.9 Å². The van der Waals surface area contributed by atoms with Crippen LogP contribution < -0.4 is 5.32 Å². The Morgan fingerprint density at radius 2 is 1.14 bits per heavy atom. The predicted octanol–water partition coefficient (Wildman–Crippen LogP) is 6.71. The Kier molecular flexibility index (Phi) is 13.6. The lowest BCUT2D eigenvalue weighted by atomic mass is 9.87. The van der Waals surface area contributed by atoms with Crippen molar-refractivity contribution in [2.24, 2.45) is 5.92 Å². The van der Waals surface area contributed by atoms with Gasteiger partial charge in [-0.05, 0) is 32.2 Å². The predicted molar refractivity (Wildman–Crippen MR) is 98.0 cm³/mol. The van der Waals surface area contributed by atoms with Crippen LogP contribution in [0.3, 0.4) is 0 Å². The minimum Gasteiger partial charge on any atom is -0.311 e. The van der Waals surface area contributed by atoms with Gasteiger partial charge in [-0.15, -0.1) is 0 Å². The highest BCUT2D eigenvalue weighted by Gasteiger charge is 2.22. The zero-order chi connectivity index (χ0) is 16.0. The van der Waals surface area contributed by atoms with E-state index in [4.69, 9.17) is 0 Å². The maximum absolute atomic E-state index is 3.88. The van der Waals surface area contributed by atoms with Crippen molar-refractivity contribution in [3.05, 3.63) is 0 Å². The summed E-state index contributed by atoms with van der Waals surface area (Å²) in [6.45, 7) is 12.9. The second kappa shape index (κ2) is 13.6. The van der Waals surface area contributed by atoms with Crippen molar-refractivity contribution in [2.45, 2.75) is 117 Å². The van der Waals surface area contributed by atoms with Crippen LogP contribution in [0.25, 0.3) is 0 Å². The first-order valence-corrected chi connectivity index (χ1v) is 9.79. The minimum absolute atomic E-state index is 0.378. The number of nitrogens with one attached hydrogen (secondary N) is 1. The molecule has 21 heavy (non-hydrogen) atoms. The molecule has 0 unspecified atom stereocenters. The number of hydrogen-bond donors (Lipinski definition) is 1. The molecule has 0 spiro atoms. The molecule has 1 N–H and O–H groups in total. The van der Waals surface area contributed by atoms with Crippen LogP contribution in [0.2, 0.25) is 0 Å². The van der Waals surface area contributed by atoms with Crippen molar-refractivity contribution in [1.29, 1.82) is 0 Å². The van der Waals surface area contributed by atoms with E-state index in [9.17, 15) is 0 Å². The molecule has 0 atom stereocenters. The smallest absolute Gasteiger partial charge is 0.0153 e. The van der Waals surface area contributed by atoms with Crippen LogP contribution in [0.5, 0.6) is 0 Å². The third-order valence-electron chi connectivity index (χ3n) is 4.60. The first-order valence-electron chi connectivity index (χ1n) is 9.79. The van der Waals surface area contributed by atoms with Crippen LogP contribution in [0.1, 0.15) is 112 Å². The molecule has 0 saturated heterocycles. The number of rotatable bonds is 15. The third-order valence-corrected chi connectivity index (χ3v) is 4.60. The van der Waals surface area contributed by atoms with Gasteiger partial charge in [-0.3, -0.25) is 0 Å². The number of hydrogen-bond acceptors (Lipinski definition) is 1. The van der Waals surface area contributed by atoms with E-state index in [1.165, 1.54) is 83.6 Å². The summed E-state index contributed by atoms with van der Waals surface area (Å²) < 4.78 is 0. The first-order chi connectivity index (χ1) is 10.0. The van der Waals surface area contributed by atoms with E-state index < -0.39 is 0 Å². The topological polar surface area (TPSA) is 12.0 Å². The van der Waals surface area contributed by atoms with Gasteiger partial charge in [0.2, 0.25) is 0 Å². The van der Waals surface area contributed by atoms with E-state index in [1.807, 2.05) is 0 Å². The fraction of sp³-hybridized carbons (Fsp3) is 1.00. The molecule has 0 aliphatic rings. The minimum atomic E-state index is 0.378. The molecule has 0 aromatic rings. The second-order valence-electron chi connectivity index (χ2n) is 7.66. The van der Waals surface area contributed by atoms with Crippen LogP contribution in [-0.4, -0.2) is 12.1 Å². The van der Waals surface area contributed by atoms with E-state index in [0.29, 0.717) is 5.54 Å². The molecule has 1 nitrogen and oxygen atoms in total. The molecule has 0 saturated carbocycles. The zero-order valence-electron chi connectivity index (χ0n) is 15.8. The Morgan fingerprint density at radius 3 is 1.52 bits per heavy atom. The lowest BCUT2D eigenvalue weighted by molar-refractivity contribution is 0.275. The van der Waals surface area contributed by atoms with Gasteiger partial charge in [-0.25, -0.2) is 0 Å². The summed E-state index contributed by atoms with van der Waals surface area (Å²) in [4.78, 5) is 0. The van der Waals surface area contributed by atoms with Crippen LogP contribution >= 0.6 is 0 Å². The SMILES string of the molecule is CCCCCCCC(C)(CCCCCCC)NCC(C)C. The lowest BCUT2D eigenvalue weighted by Crippen LogP contribution is -2.44. The summed E-state index contributed by atoms with van der Waals surface area (Å²) in [7, 11) is 0. The summed E-state index contributed by atoms with van der Waals surface area (Å²) in [6.07, 6.45) is 16.7. The highest BCUT2D eigenvalue weighted by molar-refractivity contribution is 4.83. The van der Waals surface area contributed by atoms with Crippen LogP contribution in [0, 0.1) is 5.92 Å². The molecule has 0 aliphatic carbocycles. The maximum Gasteiger partial charge on any atom is 0.0153 e. The van der Waals surface area contributed by atoms with Crippen molar-refractivity contribution in [2.75, 3.05) is 6.54 Å². The van der Waals surface area contributed by atoms with Crippen molar-refractivity contribution >= 4 is 0 Å². The van der Waals surface area contributed by atoms with Crippen molar-refractivity contribution in [3.63, 3.8) is 0 Å². The monoisotopic (exact) mass is 297 g/mol. The molecule has 0 aromatic carbocycles. The fourth-order valence-corrected chi connectivity index (χ4v) is 2.99. The molecule has 0 heterocycles. The average Bonchev–Trinajstić information content (AvgIpc) is 2.45. The largest absolute Gasteiger partial charge is 0.311 e. The second-order valence-corrected chi connectivity index (χ2v) is 7.66. The Morgan fingerprint density at radius 1 is 0.714 bits per heavy atom. The molecule has 0 bridgehead atoms. The van der Waals surface area contributed by atoms with Gasteiger partial charge >= 0.3 is 0 Å². The summed E-state index contributed by atoms with van der Waals surface area (Å²) >= 11 is 0. The number of unbranched alkanes of at least 4 members (excludes halogenated alkanes) is 8. The van der Waals surface area contributed by atoms with Gasteiger partial charge in [0.25, 0.3) is 0 Å². The van der Waals surface area contributed by atoms with Crippen LogP contribution in [0.15, 0.2) is 0 Å². The highest BCUT2D eigenvalue weighted by Crippen LogP contribution is 2.23. The molecular formula is C20H43N. The average molecular weight is 298 g/mol. The molecule has 128 valence electrons. The molecule has 0 rings (SSSR count). The van der Waals surface area contributed by atoms with Gasteiger partial charge in [0.1, 0.15) is 0 Å². The highest BCUT2D eigenvalue weighted by atomic mass is 15.0. The van der Waals surface area contributed by atoms with Gasteiger partial charge in [-0.2, -0.15) is 0 Å². The quantitative estimate of drug-likeness (QED) is 0.331. The maximum atomic E-state index is 3.88. The normalized spacial score (nSPS) is 12.3. The Balaban J connectivity index is 4.01. The van der Waals surface area contributed by atoms with E-state index in [1.54, 1.807) is 0 Å². The molecule has 0 aromatic heterocycles. The van der Waals surface area contributed by atoms with Gasteiger partial charge in [0.05, 0.1) is 0 Å². The van der Waals surface area contributed by atoms with E-state index >= 15 is 0 Å². The van der Waals surface area contributed by atoms with Gasteiger partial charge in [0, 0.05) is 5.54 Å². The fourth-order valence-electron chi connectivity index (χ4n) is 2.99. The summed E-state index contributed by atoms with van der Waals surface area (Å²) in [5, 5.41) is 3.88. The summed E-state index contributed by atoms with van der Waals surface area (Å²) in [6, 6.07) is 0. The van der Waals surface area contributed by atoms with E-state index in [2.05, 4.69) is 39.9 Å². The first kappa shape index (κ1) is 21.0. The van der Waals surface area contributed by atoms with Crippen LogP contribution in [0.4, 0.5) is 0 Å². The van der Waals surface area contributed by atoms with Crippen molar-refractivity contribution in [1.82, 2.24) is 5.32 Å². The molecule has 0 radical (unpaired) electrons. The van der Waals surface area contributed by atoms with Crippen molar-refractivity contribution in [3.8, 4) is 0 Å². The van der Waals surface area contributed by atoms with Crippen molar-refractivity contribution < 1.29 is 0 Å². The summed E-state index contributed by atoms with van der Waals surface area (Å²) in [5.41, 5.74) is 0.378. The Bertz CT molecular complexity index is 196. The van der Waals surface area contributed by atoms with E-state index in [0.717, 1.165) is 5.92 Å². The zero-order valence-corrected chi connectivity index (χ0v) is 15.8. The molecular weight excluding hydrogens is 254 g/mol. The standard InChI is InChI=1S/C20H43N/c1-6-8-10-12-14-16-20(5,21-18-19(3)4)17-15-13-11-9-7-2/h19,21H,6-18H2,1-5H3. The molecule has 0 amide bonds. The third kappa shape index (κ3) is 13.4. The Labute approximate surface area is 135 Å². The van der Waals surface area contributed by atoms with E-state index in [-0.39, 0.29) is 0 Å². The molecule has 1 heteroatoms. The molecule has 0 fully saturated rings.